The lowest BCUT2D eigenvalue weighted by Gasteiger charge is -2.33. The molecule has 1 aromatic carbocycles. The predicted molar refractivity (Wildman–Crippen MR) is 104 cm³/mol. The number of amides is 1. The first kappa shape index (κ1) is 22.6. The number of carbonyl (C=O) groups excluding carboxylic acids is 2. The van der Waals surface area contributed by atoms with Crippen LogP contribution < -0.4 is 5.32 Å². The molecular weight excluding hydrogens is 372 g/mol. The molecule has 2 rings (SSSR count). The van der Waals surface area contributed by atoms with Crippen molar-refractivity contribution in [2.45, 2.75) is 32.2 Å². The van der Waals surface area contributed by atoms with E-state index in [4.69, 9.17) is 0 Å². The van der Waals surface area contributed by atoms with E-state index >= 15 is 0 Å². The number of nitrogens with one attached hydrogen (secondary N) is 2. The first-order chi connectivity index (χ1) is 12.2. The topological polar surface area (TPSA) is 115 Å². The maximum Gasteiger partial charge on any atom is 0.328 e. The Hall–Kier alpha value is -2.45. The Morgan fingerprint density at radius 1 is 1.37 bits per heavy atom. The lowest BCUT2D eigenvalue weighted by molar-refractivity contribution is -0.144. The molecule has 148 valence electrons. The highest BCUT2D eigenvalue weighted by molar-refractivity contribution is 6.01. The molecule has 0 aliphatic heterocycles. The number of Topliss-reactive ketones (excluding diaryl/α,β-unsaturated/α-hetero) is 1. The zero-order valence-corrected chi connectivity index (χ0v) is 16.6. The number of carbonyl (C=O) groups is 3. The highest BCUT2D eigenvalue weighted by Gasteiger charge is 2.39. The third-order valence-corrected chi connectivity index (χ3v) is 4.66. The average Bonchev–Trinajstić information content (AvgIpc) is 3.07. The molecule has 8 nitrogen and oxygen atoms in total. The molecule has 0 fully saturated rings. The number of likely N-dealkylation sites (N-methyl/N-ethyl adjacent to an activating group) is 1. The maximum absolute atomic E-state index is 13.1. The van der Waals surface area contributed by atoms with Gasteiger partial charge in [-0.15, -0.1) is 12.4 Å². The second kappa shape index (κ2) is 8.96. The summed E-state index contributed by atoms with van der Waals surface area (Å²) < 4.78 is 0. The van der Waals surface area contributed by atoms with E-state index in [2.05, 4.69) is 15.3 Å². The fourth-order valence-corrected chi connectivity index (χ4v) is 2.86. The van der Waals surface area contributed by atoms with Gasteiger partial charge in [0.05, 0.1) is 22.8 Å². The molecule has 2 aromatic rings. The van der Waals surface area contributed by atoms with Crippen LogP contribution in [-0.2, 0) is 19.8 Å². The third-order valence-electron chi connectivity index (χ3n) is 4.66. The summed E-state index contributed by atoms with van der Waals surface area (Å²) in [4.78, 5) is 44.7. The number of nitrogens with zero attached hydrogens (tertiary/aromatic N) is 2. The summed E-state index contributed by atoms with van der Waals surface area (Å²) in [7, 11) is 1.69. The molecular formula is C18H25ClN4O4. The number of fused-ring (bicyclic) bond motifs is 1. The molecule has 1 heterocycles. The van der Waals surface area contributed by atoms with E-state index in [1.165, 1.54) is 6.92 Å². The van der Waals surface area contributed by atoms with E-state index < -0.39 is 23.2 Å². The van der Waals surface area contributed by atoms with E-state index in [1.54, 1.807) is 37.3 Å². The van der Waals surface area contributed by atoms with Crippen LogP contribution in [0.1, 0.15) is 26.3 Å². The summed E-state index contributed by atoms with van der Waals surface area (Å²) in [5.41, 5.74) is 1.21. The Morgan fingerprint density at radius 3 is 2.59 bits per heavy atom. The molecule has 0 saturated carbocycles. The van der Waals surface area contributed by atoms with Crippen LogP contribution in [-0.4, -0.2) is 63.8 Å². The number of aromatic nitrogens is 2. The first-order valence-corrected chi connectivity index (χ1v) is 8.36. The van der Waals surface area contributed by atoms with Crippen molar-refractivity contribution in [3.8, 4) is 0 Å². The molecule has 2 atom stereocenters. The third kappa shape index (κ3) is 4.64. The van der Waals surface area contributed by atoms with Gasteiger partial charge in [-0.3, -0.25) is 19.7 Å². The van der Waals surface area contributed by atoms with Crippen LogP contribution in [0.15, 0.2) is 24.5 Å². The molecule has 0 aliphatic rings. The Labute approximate surface area is 163 Å². The van der Waals surface area contributed by atoms with Crippen molar-refractivity contribution in [1.82, 2.24) is 20.2 Å². The Kier molecular flexibility index (Phi) is 7.50. The highest BCUT2D eigenvalue weighted by atomic mass is 35.5. The second-order valence-corrected chi connectivity index (χ2v) is 6.55. The van der Waals surface area contributed by atoms with Crippen molar-refractivity contribution >= 4 is 41.1 Å². The number of imidazole rings is 1. The van der Waals surface area contributed by atoms with Crippen molar-refractivity contribution in [3.05, 3.63) is 30.1 Å². The summed E-state index contributed by atoms with van der Waals surface area (Å²) in [6.45, 7) is 5.33. The van der Waals surface area contributed by atoms with Gasteiger partial charge in [0.15, 0.2) is 11.8 Å². The number of ketones is 1. The highest BCUT2D eigenvalue weighted by Crippen LogP contribution is 2.28. The van der Waals surface area contributed by atoms with Gasteiger partial charge in [0.25, 0.3) is 0 Å². The van der Waals surface area contributed by atoms with Gasteiger partial charge >= 0.3 is 5.97 Å². The van der Waals surface area contributed by atoms with Gasteiger partial charge in [-0.1, -0.05) is 6.07 Å². The number of hydrogen-bond donors (Lipinski definition) is 3. The summed E-state index contributed by atoms with van der Waals surface area (Å²) in [6, 6.07) is 4.08. The second-order valence-electron chi connectivity index (χ2n) is 6.55. The SMILES string of the molecule is CCN(C)C(=O)C(C)(CNC(C(C)=O)C(=O)O)c1ccc2nc[nH]c2c1.Cl. The van der Waals surface area contributed by atoms with Gasteiger partial charge < -0.3 is 15.0 Å². The molecule has 0 radical (unpaired) electrons. The smallest absolute Gasteiger partial charge is 0.328 e. The largest absolute Gasteiger partial charge is 0.480 e. The average molecular weight is 397 g/mol. The maximum atomic E-state index is 13.1. The lowest BCUT2D eigenvalue weighted by Crippen LogP contribution is -2.53. The van der Waals surface area contributed by atoms with Gasteiger partial charge in [-0.2, -0.15) is 0 Å². The van der Waals surface area contributed by atoms with Crippen molar-refractivity contribution in [1.29, 1.82) is 0 Å². The first-order valence-electron chi connectivity index (χ1n) is 8.36. The van der Waals surface area contributed by atoms with Gasteiger partial charge in [0.1, 0.15) is 0 Å². The minimum atomic E-state index is -1.36. The Balaban J connectivity index is 0.00000364. The fourth-order valence-electron chi connectivity index (χ4n) is 2.86. The number of carboxylic acid groups (broad SMARTS) is 1. The standard InChI is InChI=1S/C18H24N4O4.ClH/c1-5-22(4)17(26)18(3,9-19-15(11(2)23)16(24)25)12-6-7-13-14(8-12)21-10-20-13;/h6-8,10,15,19H,5,9H2,1-4H3,(H,20,21)(H,24,25);1H. The summed E-state index contributed by atoms with van der Waals surface area (Å²) in [6.07, 6.45) is 1.57. The number of aliphatic carboxylic acids is 1. The minimum absolute atomic E-state index is 0. The summed E-state index contributed by atoms with van der Waals surface area (Å²) in [5.74, 6) is -1.95. The Morgan fingerprint density at radius 2 is 2.04 bits per heavy atom. The van der Waals surface area contributed by atoms with E-state index in [0.717, 1.165) is 11.0 Å². The van der Waals surface area contributed by atoms with Crippen molar-refractivity contribution < 1.29 is 19.5 Å². The molecule has 1 aromatic heterocycles. The quantitative estimate of drug-likeness (QED) is 0.580. The van der Waals surface area contributed by atoms with Crippen LogP contribution >= 0.6 is 12.4 Å². The van der Waals surface area contributed by atoms with E-state index in [-0.39, 0.29) is 24.9 Å². The molecule has 0 spiro atoms. The van der Waals surface area contributed by atoms with Crippen LogP contribution in [0.4, 0.5) is 0 Å². The van der Waals surface area contributed by atoms with Crippen molar-refractivity contribution in [2.24, 2.45) is 0 Å². The zero-order valence-electron chi connectivity index (χ0n) is 15.8. The number of carboxylic acids is 1. The minimum Gasteiger partial charge on any atom is -0.480 e. The van der Waals surface area contributed by atoms with Crippen LogP contribution in [0.25, 0.3) is 11.0 Å². The molecule has 9 heteroatoms. The van der Waals surface area contributed by atoms with Crippen molar-refractivity contribution in [2.75, 3.05) is 20.1 Å². The number of H-pyrrole nitrogens is 1. The number of aromatic amines is 1. The van der Waals surface area contributed by atoms with Crippen LogP contribution in [0.3, 0.4) is 0 Å². The number of halogens is 1. The van der Waals surface area contributed by atoms with Crippen LogP contribution in [0.5, 0.6) is 0 Å². The number of rotatable bonds is 8. The predicted octanol–water partition coefficient (Wildman–Crippen LogP) is 1.35. The molecule has 0 bridgehead atoms. The monoisotopic (exact) mass is 396 g/mol. The molecule has 0 aliphatic carbocycles. The molecule has 3 N–H and O–H groups in total. The zero-order chi connectivity index (χ0) is 19.5. The summed E-state index contributed by atoms with van der Waals surface area (Å²) >= 11 is 0. The van der Waals surface area contributed by atoms with Crippen LogP contribution in [0, 0.1) is 0 Å². The van der Waals surface area contributed by atoms with Crippen LogP contribution in [0.2, 0.25) is 0 Å². The van der Waals surface area contributed by atoms with Crippen molar-refractivity contribution in [3.63, 3.8) is 0 Å². The van der Waals surface area contributed by atoms with Gasteiger partial charge in [0.2, 0.25) is 5.91 Å². The molecule has 2 unspecified atom stereocenters. The van der Waals surface area contributed by atoms with Gasteiger partial charge in [0, 0.05) is 20.1 Å². The van der Waals surface area contributed by atoms with E-state index in [1.807, 2.05) is 13.0 Å². The number of benzene rings is 1. The normalized spacial score (nSPS) is 14.1. The van der Waals surface area contributed by atoms with Gasteiger partial charge in [-0.05, 0) is 38.5 Å². The molecule has 0 saturated heterocycles. The fraction of sp³-hybridized carbons (Fsp3) is 0.444. The molecule has 1 amide bonds. The Bertz CT molecular complexity index is 824. The lowest BCUT2D eigenvalue weighted by atomic mass is 9.80. The van der Waals surface area contributed by atoms with E-state index in [9.17, 15) is 19.5 Å². The van der Waals surface area contributed by atoms with E-state index in [0.29, 0.717) is 12.1 Å². The van der Waals surface area contributed by atoms with Gasteiger partial charge in [-0.25, -0.2) is 4.98 Å². The number of hydrogen-bond acceptors (Lipinski definition) is 5. The summed E-state index contributed by atoms with van der Waals surface area (Å²) in [5, 5.41) is 12.0. The molecule has 27 heavy (non-hydrogen) atoms.